The number of halogens is 2. The molecule has 0 aromatic carbocycles. The quantitative estimate of drug-likeness (QED) is 0.346. The van der Waals surface area contributed by atoms with Gasteiger partial charge in [0.05, 0.1) is 0 Å². The van der Waals surface area contributed by atoms with Crippen molar-refractivity contribution >= 4 is 11.9 Å². The van der Waals surface area contributed by atoms with Gasteiger partial charge in [0.25, 0.3) is 6.43 Å². The Labute approximate surface area is 73.9 Å². The van der Waals surface area contributed by atoms with Crippen LogP contribution in [0, 0.1) is 5.92 Å². The summed E-state index contributed by atoms with van der Waals surface area (Å²) in [7, 11) is 0. The van der Waals surface area contributed by atoms with E-state index in [2.05, 4.69) is 0 Å². The third-order valence-electron chi connectivity index (χ3n) is 0.784. The number of rotatable bonds is 3. The molecule has 0 saturated carbocycles. The van der Waals surface area contributed by atoms with Crippen LogP contribution < -0.4 is 18.9 Å². The van der Waals surface area contributed by atoms with Gasteiger partial charge in [-0.05, 0) is 0 Å². The van der Waals surface area contributed by atoms with Crippen molar-refractivity contribution in [3.05, 3.63) is 0 Å². The molecule has 0 atom stereocenters. The molecule has 0 radical (unpaired) electrons. The van der Waals surface area contributed by atoms with Crippen LogP contribution in [0.25, 0.3) is 0 Å². The maximum Gasteiger partial charge on any atom is 1.00 e. The molecule has 0 bridgehead atoms. The summed E-state index contributed by atoms with van der Waals surface area (Å²) in [6.07, 6.45) is -3.37. The van der Waals surface area contributed by atoms with Crippen molar-refractivity contribution in [1.29, 1.82) is 0 Å². The van der Waals surface area contributed by atoms with Crippen LogP contribution in [-0.4, -0.2) is 28.6 Å². The zero-order valence-electron chi connectivity index (χ0n) is 6.62. The molecule has 0 spiro atoms. The van der Waals surface area contributed by atoms with E-state index in [1.165, 1.54) is 0 Å². The van der Waals surface area contributed by atoms with Gasteiger partial charge in [0.2, 0.25) is 5.92 Å². The maximum atomic E-state index is 11.4. The molecule has 0 aromatic heterocycles. The van der Waals surface area contributed by atoms with Crippen LogP contribution in [0.1, 0.15) is 1.43 Å². The minimum atomic E-state index is -3.37. The topological polar surface area (TPSA) is 74.6 Å². The molecular weight excluding hydrogens is 157 g/mol. The van der Waals surface area contributed by atoms with Gasteiger partial charge in [-0.25, -0.2) is 8.78 Å². The van der Waals surface area contributed by atoms with Gasteiger partial charge in [-0.1, -0.05) is 0 Å². The zero-order valence-corrected chi connectivity index (χ0v) is 5.62. The third kappa shape index (κ3) is 3.96. The molecule has 0 heterocycles. The molecular formula is C4H5F2LiO4. The molecule has 4 nitrogen and oxygen atoms in total. The molecule has 60 valence electrons. The van der Waals surface area contributed by atoms with Crippen molar-refractivity contribution in [2.75, 3.05) is 0 Å². The fourth-order valence-corrected chi connectivity index (χ4v) is 0.321. The van der Waals surface area contributed by atoms with Crippen LogP contribution in [0.5, 0.6) is 0 Å². The van der Waals surface area contributed by atoms with Gasteiger partial charge in [-0.3, -0.25) is 9.59 Å². The number of hydrogen-bond donors (Lipinski definition) is 2. The van der Waals surface area contributed by atoms with E-state index >= 15 is 0 Å². The van der Waals surface area contributed by atoms with E-state index in [1.54, 1.807) is 0 Å². The number of carboxylic acids is 2. The fraction of sp³-hybridized carbons (Fsp3) is 0.500. The molecule has 0 aliphatic carbocycles. The van der Waals surface area contributed by atoms with Crippen LogP contribution in [-0.2, 0) is 9.59 Å². The van der Waals surface area contributed by atoms with Gasteiger partial charge in [0, 0.05) is 0 Å². The molecule has 7 heteroatoms. The third-order valence-corrected chi connectivity index (χ3v) is 0.784. The summed E-state index contributed by atoms with van der Waals surface area (Å²) in [6.45, 7) is 0. The van der Waals surface area contributed by atoms with Crippen molar-refractivity contribution in [3.8, 4) is 0 Å². The fourth-order valence-electron chi connectivity index (χ4n) is 0.321. The average Bonchev–Trinajstić information content (AvgIpc) is 1.59. The second-order valence-electron chi connectivity index (χ2n) is 1.49. The number of carbonyl (C=O) groups is 2. The van der Waals surface area contributed by atoms with Gasteiger partial charge < -0.3 is 11.6 Å². The first kappa shape index (κ1) is 13.0. The smallest absolute Gasteiger partial charge is 1.00 e. The summed E-state index contributed by atoms with van der Waals surface area (Å²) in [5, 5.41) is 15.7. The number of hydrogen-bond acceptors (Lipinski definition) is 2. The summed E-state index contributed by atoms with van der Waals surface area (Å²) in [5.41, 5.74) is 0. The van der Waals surface area contributed by atoms with Crippen molar-refractivity contribution < 1.29 is 48.9 Å². The molecule has 0 amide bonds. The second kappa shape index (κ2) is 5.10. The number of carboxylic acid groups (broad SMARTS) is 2. The van der Waals surface area contributed by atoms with Crippen LogP contribution in [0.4, 0.5) is 8.78 Å². The van der Waals surface area contributed by atoms with Gasteiger partial charge in [-0.15, -0.1) is 0 Å². The van der Waals surface area contributed by atoms with Gasteiger partial charge in [0.1, 0.15) is 0 Å². The predicted octanol–water partition coefficient (Wildman–Crippen LogP) is -2.85. The predicted molar refractivity (Wildman–Crippen MR) is 25.9 cm³/mol. The van der Waals surface area contributed by atoms with Crippen molar-refractivity contribution in [2.45, 2.75) is 6.43 Å². The van der Waals surface area contributed by atoms with E-state index in [9.17, 15) is 18.4 Å². The summed E-state index contributed by atoms with van der Waals surface area (Å²) in [6, 6.07) is 0. The first-order valence-electron chi connectivity index (χ1n) is 2.20. The molecule has 0 aromatic rings. The molecule has 0 fully saturated rings. The molecule has 0 rings (SSSR count). The maximum absolute atomic E-state index is 11.4. The largest absolute Gasteiger partial charge is 1.00 e. The first-order valence-corrected chi connectivity index (χ1v) is 2.20. The first-order chi connectivity index (χ1) is 4.46. The molecule has 0 unspecified atom stereocenters. The second-order valence-corrected chi connectivity index (χ2v) is 1.49. The SMILES string of the molecule is O=C(O)C(C(=O)O)C(F)F.[H-].[Li+]. The van der Waals surface area contributed by atoms with E-state index in [0.717, 1.165) is 0 Å². The number of alkyl halides is 2. The van der Waals surface area contributed by atoms with Gasteiger partial charge in [-0.2, -0.15) is 0 Å². The van der Waals surface area contributed by atoms with Crippen molar-refractivity contribution in [3.63, 3.8) is 0 Å². The Morgan fingerprint density at radius 2 is 1.45 bits per heavy atom. The van der Waals surface area contributed by atoms with E-state index < -0.39 is 24.3 Å². The minimum Gasteiger partial charge on any atom is -1.00 e. The zero-order chi connectivity index (χ0) is 8.31. The van der Waals surface area contributed by atoms with Crippen LogP contribution in [0.15, 0.2) is 0 Å². The van der Waals surface area contributed by atoms with E-state index in [1.807, 2.05) is 0 Å². The molecule has 11 heavy (non-hydrogen) atoms. The van der Waals surface area contributed by atoms with E-state index in [4.69, 9.17) is 10.2 Å². The average molecular weight is 162 g/mol. The standard InChI is InChI=1S/C4H4F2O4.Li.H/c5-2(6)1(3(7)8)4(9)10;;/h1-2H,(H,7,8)(H,9,10);;/q;+1;-1. The monoisotopic (exact) mass is 162 g/mol. The van der Waals surface area contributed by atoms with E-state index in [0.29, 0.717) is 0 Å². The Bertz CT molecular complexity index is 151. The number of aliphatic carboxylic acids is 2. The Balaban J connectivity index is -0.000000405. The van der Waals surface area contributed by atoms with Crippen LogP contribution in [0.2, 0.25) is 0 Å². The van der Waals surface area contributed by atoms with Gasteiger partial charge >= 0.3 is 30.8 Å². The molecule has 0 aliphatic rings. The van der Waals surface area contributed by atoms with Crippen molar-refractivity contribution in [1.82, 2.24) is 0 Å². The normalized spacial score (nSPS) is 9.45. The minimum absolute atomic E-state index is 0. The Morgan fingerprint density at radius 1 is 1.18 bits per heavy atom. The van der Waals surface area contributed by atoms with Gasteiger partial charge in [0.15, 0.2) is 0 Å². The molecule has 0 saturated heterocycles. The molecule has 2 N–H and O–H groups in total. The van der Waals surface area contributed by atoms with Crippen LogP contribution in [0.3, 0.4) is 0 Å². The Hall–Kier alpha value is -0.603. The Kier molecular flexibility index (Phi) is 6.04. The van der Waals surface area contributed by atoms with E-state index in [-0.39, 0.29) is 20.3 Å². The Morgan fingerprint density at radius 3 is 1.45 bits per heavy atom. The van der Waals surface area contributed by atoms with Crippen molar-refractivity contribution in [2.24, 2.45) is 5.92 Å². The summed E-state index contributed by atoms with van der Waals surface area (Å²) in [4.78, 5) is 19.4. The summed E-state index contributed by atoms with van der Waals surface area (Å²) < 4.78 is 22.9. The summed E-state index contributed by atoms with van der Waals surface area (Å²) in [5.74, 6) is -6.66. The van der Waals surface area contributed by atoms with Crippen LogP contribution >= 0.6 is 0 Å². The summed E-state index contributed by atoms with van der Waals surface area (Å²) >= 11 is 0. The molecule has 0 aliphatic heterocycles.